The molecule has 2 saturated heterocycles. The van der Waals surface area contributed by atoms with Crippen LogP contribution in [0.2, 0.25) is 0 Å². The summed E-state index contributed by atoms with van der Waals surface area (Å²) in [7, 11) is 0. The highest BCUT2D eigenvalue weighted by molar-refractivity contribution is 5.94. The second kappa shape index (κ2) is 13.7. The zero-order chi connectivity index (χ0) is 29.5. The van der Waals surface area contributed by atoms with Crippen molar-refractivity contribution in [1.29, 1.82) is 10.5 Å². The molecule has 0 unspecified atom stereocenters. The van der Waals surface area contributed by atoms with Gasteiger partial charge in [-0.2, -0.15) is 10.5 Å². The molecule has 2 aromatic carbocycles. The lowest BCUT2D eigenvalue weighted by Crippen LogP contribution is -2.39. The predicted octanol–water partition coefficient (Wildman–Crippen LogP) is 5.81. The van der Waals surface area contributed by atoms with Crippen LogP contribution in [-0.4, -0.2) is 59.4 Å². The van der Waals surface area contributed by atoms with Crippen LogP contribution in [-0.2, 0) is 17.9 Å². The predicted molar refractivity (Wildman–Crippen MR) is 164 cm³/mol. The molecule has 7 heteroatoms. The number of likely N-dealkylation sites (tertiary alicyclic amines) is 1. The molecule has 0 atom stereocenters. The van der Waals surface area contributed by atoms with Crippen LogP contribution in [0.5, 0.6) is 0 Å². The van der Waals surface area contributed by atoms with E-state index < -0.39 is 0 Å². The number of nitrogens with zero attached hydrogens (tertiary/aromatic N) is 6. The Bertz CT molecular complexity index is 1340. The zero-order valence-electron chi connectivity index (χ0n) is 25.4. The van der Waals surface area contributed by atoms with Crippen LogP contribution in [0, 0.1) is 43.4 Å². The van der Waals surface area contributed by atoms with Crippen LogP contribution in [0.4, 0.5) is 5.69 Å². The first-order valence-corrected chi connectivity index (χ1v) is 15.0. The molecule has 4 rings (SSSR count). The molecule has 2 heterocycles. The number of rotatable bonds is 9. The Kier molecular flexibility index (Phi) is 10.1. The van der Waals surface area contributed by atoms with Gasteiger partial charge in [-0.15, -0.1) is 0 Å². The van der Waals surface area contributed by atoms with Gasteiger partial charge in [-0.3, -0.25) is 9.69 Å². The molecule has 0 aliphatic carbocycles. The fourth-order valence-electron chi connectivity index (χ4n) is 6.23. The number of allylic oxidation sites excluding steroid dienone is 1. The number of carbonyl (C=O) groups excluding carboxylic acids is 1. The molecule has 2 fully saturated rings. The fraction of sp³-hybridized carbons (Fsp3) is 0.500. The molecule has 2 aromatic rings. The van der Waals surface area contributed by atoms with Gasteiger partial charge in [-0.05, 0) is 94.9 Å². The Morgan fingerprint density at radius 2 is 1.63 bits per heavy atom. The summed E-state index contributed by atoms with van der Waals surface area (Å²) in [4.78, 5) is 22.2. The van der Waals surface area contributed by atoms with Crippen LogP contribution in [0.25, 0.3) is 0 Å². The minimum Gasteiger partial charge on any atom is -0.354 e. The minimum atomic E-state index is 0.0131. The molecule has 0 bridgehead atoms. The van der Waals surface area contributed by atoms with E-state index in [-0.39, 0.29) is 17.5 Å². The van der Waals surface area contributed by atoms with E-state index in [0.29, 0.717) is 38.4 Å². The third-order valence-corrected chi connectivity index (χ3v) is 8.39. The monoisotopic (exact) mass is 552 g/mol. The number of anilines is 1. The molecule has 2 aliphatic rings. The Labute approximate surface area is 246 Å². The topological polar surface area (TPSA) is 77.6 Å². The number of hydrogen-bond acceptors (Lipinski definition) is 6. The molecular weight excluding hydrogens is 508 g/mol. The first-order chi connectivity index (χ1) is 19.7. The van der Waals surface area contributed by atoms with E-state index in [0.717, 1.165) is 25.3 Å². The Morgan fingerprint density at radius 1 is 0.927 bits per heavy atom. The van der Waals surface area contributed by atoms with E-state index in [1.807, 2.05) is 29.7 Å². The lowest BCUT2D eigenvalue weighted by molar-refractivity contribution is -0.119. The summed E-state index contributed by atoms with van der Waals surface area (Å²) in [5.41, 5.74) is 7.13. The highest BCUT2D eigenvalue weighted by Gasteiger charge is 2.30. The van der Waals surface area contributed by atoms with Crippen molar-refractivity contribution in [2.24, 2.45) is 0 Å². The molecule has 1 amide bonds. The molecule has 0 aromatic heterocycles. The SMILES string of the molecule is Cc1cc(C)c(C)c(CN2CCN(CCC(=O)N(c3cccc(CN4CCCCC4)c3)C(C)C)C2=C(C#N)C#N)c1. The maximum atomic E-state index is 13.7. The van der Waals surface area contributed by atoms with Gasteiger partial charge in [0.25, 0.3) is 0 Å². The zero-order valence-corrected chi connectivity index (χ0v) is 25.4. The van der Waals surface area contributed by atoms with Crippen LogP contribution in [0.3, 0.4) is 0 Å². The molecule has 7 nitrogen and oxygen atoms in total. The highest BCUT2D eigenvalue weighted by atomic mass is 16.2. The minimum absolute atomic E-state index is 0.0131. The van der Waals surface area contributed by atoms with Gasteiger partial charge in [0.2, 0.25) is 5.91 Å². The summed E-state index contributed by atoms with van der Waals surface area (Å²) < 4.78 is 0. The van der Waals surface area contributed by atoms with Gasteiger partial charge in [0.15, 0.2) is 5.57 Å². The van der Waals surface area contributed by atoms with E-state index in [1.165, 1.54) is 47.1 Å². The van der Waals surface area contributed by atoms with Crippen LogP contribution in [0.15, 0.2) is 47.8 Å². The van der Waals surface area contributed by atoms with E-state index in [4.69, 9.17) is 0 Å². The average Bonchev–Trinajstić information content (AvgIpc) is 3.33. The second-order valence-corrected chi connectivity index (χ2v) is 11.8. The lowest BCUT2D eigenvalue weighted by atomic mass is 10.00. The summed E-state index contributed by atoms with van der Waals surface area (Å²) in [6.45, 7) is 16.1. The fourth-order valence-corrected chi connectivity index (χ4v) is 6.23. The van der Waals surface area contributed by atoms with Crippen molar-refractivity contribution < 1.29 is 4.79 Å². The van der Waals surface area contributed by atoms with Crippen molar-refractivity contribution in [3.05, 3.63) is 75.6 Å². The third kappa shape index (κ3) is 7.29. The van der Waals surface area contributed by atoms with Crippen LogP contribution in [0.1, 0.15) is 67.3 Å². The highest BCUT2D eigenvalue weighted by Crippen LogP contribution is 2.28. The number of amides is 1. The van der Waals surface area contributed by atoms with Gasteiger partial charge in [-0.1, -0.05) is 36.2 Å². The number of hydrogen-bond donors (Lipinski definition) is 0. The van der Waals surface area contributed by atoms with E-state index in [9.17, 15) is 15.3 Å². The number of carbonyl (C=O) groups is 1. The molecule has 41 heavy (non-hydrogen) atoms. The molecule has 0 saturated carbocycles. The summed E-state index contributed by atoms with van der Waals surface area (Å²) >= 11 is 0. The quantitative estimate of drug-likeness (QED) is 0.366. The first kappa shape index (κ1) is 30.2. The Hall–Kier alpha value is -3.81. The molecule has 0 spiro atoms. The Morgan fingerprint density at radius 3 is 2.32 bits per heavy atom. The smallest absolute Gasteiger partial charge is 0.229 e. The molecule has 0 radical (unpaired) electrons. The number of benzene rings is 2. The van der Waals surface area contributed by atoms with Crippen molar-refractivity contribution in [2.45, 2.75) is 79.4 Å². The van der Waals surface area contributed by atoms with Gasteiger partial charge < -0.3 is 14.7 Å². The molecule has 216 valence electrons. The normalized spacial score (nSPS) is 15.7. The summed E-state index contributed by atoms with van der Waals surface area (Å²) in [5, 5.41) is 19.6. The maximum absolute atomic E-state index is 13.7. The average molecular weight is 553 g/mol. The van der Waals surface area contributed by atoms with Gasteiger partial charge >= 0.3 is 0 Å². The molecule has 0 N–H and O–H groups in total. The molecular formula is C34H44N6O. The Balaban J connectivity index is 1.49. The second-order valence-electron chi connectivity index (χ2n) is 11.8. The van der Waals surface area contributed by atoms with Crippen molar-refractivity contribution in [2.75, 3.05) is 37.6 Å². The largest absolute Gasteiger partial charge is 0.354 e. The van der Waals surface area contributed by atoms with Crippen molar-refractivity contribution in [1.82, 2.24) is 14.7 Å². The third-order valence-electron chi connectivity index (χ3n) is 8.39. The van der Waals surface area contributed by atoms with Crippen molar-refractivity contribution in [3.8, 4) is 12.1 Å². The van der Waals surface area contributed by atoms with Gasteiger partial charge in [0, 0.05) is 50.9 Å². The number of piperidine rings is 1. The number of aryl methyl sites for hydroxylation is 2. The van der Waals surface area contributed by atoms with Crippen molar-refractivity contribution >= 4 is 11.6 Å². The number of nitriles is 2. The van der Waals surface area contributed by atoms with E-state index >= 15 is 0 Å². The van der Waals surface area contributed by atoms with Crippen LogP contribution < -0.4 is 4.90 Å². The van der Waals surface area contributed by atoms with Crippen LogP contribution >= 0.6 is 0 Å². The standard InChI is InChI=1S/C34H44N6O/c1-25(2)40(32-11-9-10-29(20-32)23-37-13-7-6-8-14-37)33(41)12-15-38-16-17-39(34(38)31(21-35)22-36)24-30-19-26(3)18-27(4)28(30)5/h9-11,18-20,25H,6-8,12-17,23-24H2,1-5H3. The molecule has 2 aliphatic heterocycles. The van der Waals surface area contributed by atoms with Gasteiger partial charge in [0.05, 0.1) is 0 Å². The van der Waals surface area contributed by atoms with E-state index in [2.05, 4.69) is 73.0 Å². The van der Waals surface area contributed by atoms with Crippen molar-refractivity contribution in [3.63, 3.8) is 0 Å². The van der Waals surface area contributed by atoms with Gasteiger partial charge in [-0.25, -0.2) is 0 Å². The summed E-state index contributed by atoms with van der Waals surface area (Å²) in [6.07, 6.45) is 4.13. The summed E-state index contributed by atoms with van der Waals surface area (Å²) in [6, 6.07) is 17.0. The van der Waals surface area contributed by atoms with E-state index in [1.54, 1.807) is 0 Å². The maximum Gasteiger partial charge on any atom is 0.229 e. The first-order valence-electron chi connectivity index (χ1n) is 15.0. The van der Waals surface area contributed by atoms with Gasteiger partial charge in [0.1, 0.15) is 18.0 Å². The lowest BCUT2D eigenvalue weighted by Gasteiger charge is -2.30. The summed E-state index contributed by atoms with van der Waals surface area (Å²) in [5.74, 6) is 0.689.